The molecule has 0 radical (unpaired) electrons. The minimum absolute atomic E-state index is 0.0207. The summed E-state index contributed by atoms with van der Waals surface area (Å²) in [7, 11) is -4.16. The zero-order chi connectivity index (χ0) is 25.0. The first kappa shape index (κ1) is 26.0. The van der Waals surface area contributed by atoms with E-state index in [0.717, 1.165) is 14.3 Å². The number of fused-ring (bicyclic) bond motifs is 1. The highest BCUT2D eigenvalue weighted by Gasteiger charge is 2.47. The minimum Gasteiger partial charge on any atom is -0.462 e. The van der Waals surface area contributed by atoms with E-state index in [1.807, 2.05) is 30.3 Å². The van der Waals surface area contributed by atoms with Crippen LogP contribution in [0, 0.1) is 3.57 Å². The Morgan fingerprint density at radius 3 is 2.43 bits per heavy atom. The number of hydrogen-bond acceptors (Lipinski definition) is 8. The molecule has 3 aromatic carbocycles. The number of aliphatic hydroxyl groups excluding tert-OH is 2. The van der Waals surface area contributed by atoms with Gasteiger partial charge < -0.3 is 24.4 Å². The van der Waals surface area contributed by atoms with Gasteiger partial charge in [0.2, 0.25) is 6.29 Å². The summed E-state index contributed by atoms with van der Waals surface area (Å²) in [4.78, 5) is -0.0207. The highest BCUT2D eigenvalue weighted by Crippen LogP contribution is 2.28. The fourth-order valence-electron chi connectivity index (χ4n) is 3.71. The Hall–Kier alpha value is -2.06. The van der Waals surface area contributed by atoms with E-state index < -0.39 is 47.4 Å². The van der Waals surface area contributed by atoms with Crippen LogP contribution >= 0.6 is 22.6 Å². The summed E-state index contributed by atoms with van der Waals surface area (Å²) >= 11 is 2.15. The van der Waals surface area contributed by atoms with Gasteiger partial charge in [-0.3, -0.25) is 4.18 Å². The van der Waals surface area contributed by atoms with E-state index in [2.05, 4.69) is 29.2 Å². The molecule has 0 bridgehead atoms. The molecule has 3 aromatic rings. The van der Waals surface area contributed by atoms with Crippen LogP contribution in [0.3, 0.4) is 0 Å². The van der Waals surface area contributed by atoms with Gasteiger partial charge in [-0.1, -0.05) is 36.4 Å². The minimum atomic E-state index is -4.16. The fourth-order valence-corrected chi connectivity index (χ4v) is 5.02. The zero-order valence-electron chi connectivity index (χ0n) is 18.6. The summed E-state index contributed by atoms with van der Waals surface area (Å²) < 4.78 is 49.0. The summed E-state index contributed by atoms with van der Waals surface area (Å²) in [6.07, 6.45) is -4.76. The Bertz CT molecular complexity index is 1260. The highest BCUT2D eigenvalue weighted by atomic mass is 127. The first-order valence-corrected chi connectivity index (χ1v) is 13.3. The van der Waals surface area contributed by atoms with E-state index in [9.17, 15) is 18.6 Å². The molecule has 5 unspecified atom stereocenters. The average Bonchev–Trinajstić information content (AvgIpc) is 2.86. The molecular weight excluding hydrogens is 587 g/mol. The molecule has 4 rings (SSSR count). The van der Waals surface area contributed by atoms with Crippen LogP contribution in [0.5, 0.6) is 5.75 Å². The van der Waals surface area contributed by atoms with Gasteiger partial charge in [0.25, 0.3) is 10.1 Å². The molecule has 8 nitrogen and oxygen atoms in total. The monoisotopic (exact) mass is 612 g/mol. The van der Waals surface area contributed by atoms with Crippen LogP contribution in [0.15, 0.2) is 84.3 Å². The van der Waals surface area contributed by atoms with E-state index in [1.165, 1.54) is 18.2 Å². The second kappa shape index (κ2) is 11.3. The summed E-state index contributed by atoms with van der Waals surface area (Å²) in [5.74, 6) is 0.428. The molecule has 5 atom stereocenters. The average molecular weight is 612 g/mol. The summed E-state index contributed by atoms with van der Waals surface area (Å²) in [5.41, 5.74) is 0. The van der Waals surface area contributed by atoms with Crippen molar-refractivity contribution in [1.82, 2.24) is 0 Å². The molecule has 1 aliphatic rings. The molecule has 10 heteroatoms. The maximum absolute atomic E-state index is 12.9. The third kappa shape index (κ3) is 6.20. The van der Waals surface area contributed by atoms with Crippen molar-refractivity contribution in [2.24, 2.45) is 0 Å². The van der Waals surface area contributed by atoms with Gasteiger partial charge in [0, 0.05) is 3.57 Å². The summed E-state index contributed by atoms with van der Waals surface area (Å²) in [5, 5.41) is 23.2. The van der Waals surface area contributed by atoms with Gasteiger partial charge in [-0.2, -0.15) is 8.42 Å². The lowest BCUT2D eigenvalue weighted by atomic mass is 9.99. The van der Waals surface area contributed by atoms with Crippen molar-refractivity contribution in [2.45, 2.75) is 35.6 Å². The van der Waals surface area contributed by atoms with Crippen LogP contribution in [-0.2, 0) is 23.8 Å². The van der Waals surface area contributed by atoms with Crippen molar-refractivity contribution in [2.75, 3.05) is 13.2 Å². The number of halogens is 1. The molecule has 35 heavy (non-hydrogen) atoms. The van der Waals surface area contributed by atoms with Gasteiger partial charge >= 0.3 is 0 Å². The SMILES string of the molecule is C=CCOC1C(O)C(COS(=O)(=O)c2ccc3ccccc3c2)OC(Oc2ccc(I)cc2)C1O. The predicted octanol–water partition coefficient (Wildman–Crippen LogP) is 3.25. The van der Waals surface area contributed by atoms with Crippen LogP contribution in [0.25, 0.3) is 10.8 Å². The Kier molecular flexibility index (Phi) is 8.42. The van der Waals surface area contributed by atoms with Crippen molar-refractivity contribution in [1.29, 1.82) is 0 Å². The fraction of sp³-hybridized carbons (Fsp3) is 0.280. The number of benzene rings is 3. The van der Waals surface area contributed by atoms with Crippen molar-refractivity contribution >= 4 is 43.5 Å². The third-order valence-corrected chi connectivity index (χ3v) is 7.51. The Morgan fingerprint density at radius 1 is 1.00 bits per heavy atom. The zero-order valence-corrected chi connectivity index (χ0v) is 21.5. The van der Waals surface area contributed by atoms with Crippen LogP contribution in [0.1, 0.15) is 0 Å². The number of aliphatic hydroxyl groups is 2. The van der Waals surface area contributed by atoms with E-state index >= 15 is 0 Å². The largest absolute Gasteiger partial charge is 0.462 e. The van der Waals surface area contributed by atoms with E-state index in [-0.39, 0.29) is 11.5 Å². The first-order valence-electron chi connectivity index (χ1n) is 10.8. The van der Waals surface area contributed by atoms with E-state index in [1.54, 1.807) is 24.3 Å². The second-order valence-electron chi connectivity index (χ2n) is 7.93. The molecule has 0 aliphatic carbocycles. The van der Waals surface area contributed by atoms with Crippen LogP contribution in [0.2, 0.25) is 0 Å². The summed E-state index contributed by atoms with van der Waals surface area (Å²) in [6.45, 7) is 3.12. The molecule has 0 amide bonds. The molecule has 2 N–H and O–H groups in total. The maximum Gasteiger partial charge on any atom is 0.297 e. The topological polar surface area (TPSA) is 112 Å². The number of hydrogen-bond donors (Lipinski definition) is 2. The first-order chi connectivity index (χ1) is 16.8. The molecule has 186 valence electrons. The molecule has 0 aromatic heterocycles. The van der Waals surface area contributed by atoms with Gasteiger partial charge in [0.05, 0.1) is 18.1 Å². The van der Waals surface area contributed by atoms with Gasteiger partial charge in [0.1, 0.15) is 30.2 Å². The maximum atomic E-state index is 12.9. The van der Waals surface area contributed by atoms with Crippen molar-refractivity contribution in [3.05, 3.63) is 83.0 Å². The third-order valence-electron chi connectivity index (χ3n) is 5.51. The molecule has 0 saturated carbocycles. The van der Waals surface area contributed by atoms with Gasteiger partial charge in [-0.15, -0.1) is 6.58 Å². The standard InChI is InChI=1S/C25H25IO8S/c1-2-13-31-24-22(27)21(34-25(23(24)28)33-19-10-8-18(26)9-11-19)15-32-35(29,30)20-12-7-16-5-3-4-6-17(16)14-20/h2-12,14,21-25,27-28H,1,13,15H2. The lowest BCUT2D eigenvalue weighted by molar-refractivity contribution is -0.283. The number of rotatable bonds is 9. The van der Waals surface area contributed by atoms with Gasteiger partial charge in [-0.25, -0.2) is 0 Å². The van der Waals surface area contributed by atoms with Crippen LogP contribution < -0.4 is 4.74 Å². The number of ether oxygens (including phenoxy) is 3. The van der Waals surface area contributed by atoms with Crippen LogP contribution in [0.4, 0.5) is 0 Å². The molecule has 1 saturated heterocycles. The summed E-state index contributed by atoms with van der Waals surface area (Å²) in [6, 6.07) is 19.1. The van der Waals surface area contributed by atoms with Crippen molar-refractivity contribution in [3.8, 4) is 5.75 Å². The van der Waals surface area contributed by atoms with Gasteiger partial charge in [-0.05, 0) is 69.8 Å². The highest BCUT2D eigenvalue weighted by molar-refractivity contribution is 14.1. The molecule has 1 heterocycles. The van der Waals surface area contributed by atoms with Crippen LogP contribution in [-0.4, -0.2) is 62.6 Å². The quantitative estimate of drug-likeness (QED) is 0.215. The van der Waals surface area contributed by atoms with Crippen molar-refractivity contribution in [3.63, 3.8) is 0 Å². The molecular formula is C25H25IO8S. The van der Waals surface area contributed by atoms with E-state index in [0.29, 0.717) is 5.75 Å². The smallest absolute Gasteiger partial charge is 0.297 e. The second-order valence-corrected chi connectivity index (χ2v) is 10.8. The molecule has 1 aliphatic heterocycles. The Labute approximate surface area is 217 Å². The van der Waals surface area contributed by atoms with Crippen molar-refractivity contribution < 1.29 is 37.0 Å². The lowest BCUT2D eigenvalue weighted by Gasteiger charge is -2.41. The van der Waals surface area contributed by atoms with Gasteiger partial charge in [0.15, 0.2) is 0 Å². The predicted molar refractivity (Wildman–Crippen MR) is 137 cm³/mol. The van der Waals surface area contributed by atoms with E-state index in [4.69, 9.17) is 18.4 Å². The Morgan fingerprint density at radius 2 is 1.71 bits per heavy atom. The molecule has 1 fully saturated rings. The Balaban J connectivity index is 1.51. The lowest BCUT2D eigenvalue weighted by Crippen LogP contribution is -2.61. The molecule has 0 spiro atoms. The normalized spacial score (nSPS) is 24.8.